The second-order valence-corrected chi connectivity index (χ2v) is 8.97. The number of aryl methyl sites for hydroxylation is 2. The van der Waals surface area contributed by atoms with Crippen LogP contribution in [-0.2, 0) is 23.2 Å². The van der Waals surface area contributed by atoms with Crippen molar-refractivity contribution in [3.63, 3.8) is 0 Å². The van der Waals surface area contributed by atoms with Crippen molar-refractivity contribution in [3.05, 3.63) is 64.7 Å². The van der Waals surface area contributed by atoms with Crippen LogP contribution in [-0.4, -0.2) is 41.2 Å². The van der Waals surface area contributed by atoms with Crippen molar-refractivity contribution in [2.75, 3.05) is 13.2 Å². The summed E-state index contributed by atoms with van der Waals surface area (Å²) in [5.41, 5.74) is 3.27. The quantitative estimate of drug-likeness (QED) is 0.670. The van der Waals surface area contributed by atoms with Gasteiger partial charge in [-0.2, -0.15) is 0 Å². The zero-order valence-electron chi connectivity index (χ0n) is 18.4. The molecule has 2 atom stereocenters. The van der Waals surface area contributed by atoms with E-state index in [4.69, 9.17) is 4.74 Å². The zero-order valence-corrected chi connectivity index (χ0v) is 18.4. The standard InChI is InChI=1S/C25H30N2O4/c1-16(2)21-9-4-5-10-22(21)31-15-20(28)14-27-23(29)25(3,26-24(27)30)19-12-11-17-7-6-8-18(17)13-19/h4-5,9-13,16,20,28H,6-8,14-15H2,1-3H3,(H,26,30)/t20-,25-/m1/s1. The lowest BCUT2D eigenvalue weighted by atomic mass is 9.89. The van der Waals surface area contributed by atoms with E-state index in [2.05, 4.69) is 25.2 Å². The highest BCUT2D eigenvalue weighted by atomic mass is 16.5. The van der Waals surface area contributed by atoms with E-state index in [1.54, 1.807) is 6.92 Å². The molecule has 1 fully saturated rings. The van der Waals surface area contributed by atoms with Crippen molar-refractivity contribution in [2.45, 2.75) is 57.6 Å². The molecule has 0 spiro atoms. The molecule has 0 aromatic heterocycles. The van der Waals surface area contributed by atoms with Crippen molar-refractivity contribution in [3.8, 4) is 5.75 Å². The molecule has 31 heavy (non-hydrogen) atoms. The molecule has 2 aromatic rings. The van der Waals surface area contributed by atoms with Crippen LogP contribution in [0.5, 0.6) is 5.75 Å². The Morgan fingerprint density at radius 1 is 1.13 bits per heavy atom. The molecule has 4 rings (SSSR count). The van der Waals surface area contributed by atoms with E-state index >= 15 is 0 Å². The van der Waals surface area contributed by atoms with Crippen LogP contribution in [0.1, 0.15) is 55.4 Å². The number of carbonyl (C=O) groups excluding carboxylic acids is 2. The predicted octanol–water partition coefficient (Wildman–Crippen LogP) is 3.51. The molecule has 0 saturated carbocycles. The number of urea groups is 1. The average molecular weight is 423 g/mol. The molecule has 0 radical (unpaired) electrons. The van der Waals surface area contributed by atoms with E-state index in [1.807, 2.05) is 36.4 Å². The molecule has 6 heteroatoms. The minimum Gasteiger partial charge on any atom is -0.491 e. The summed E-state index contributed by atoms with van der Waals surface area (Å²) in [7, 11) is 0. The maximum Gasteiger partial charge on any atom is 0.325 e. The maximum absolute atomic E-state index is 13.2. The summed E-state index contributed by atoms with van der Waals surface area (Å²) < 4.78 is 5.81. The van der Waals surface area contributed by atoms with Gasteiger partial charge >= 0.3 is 6.03 Å². The number of fused-ring (bicyclic) bond motifs is 1. The van der Waals surface area contributed by atoms with Crippen LogP contribution in [0.15, 0.2) is 42.5 Å². The Labute approximate surface area is 183 Å². The SMILES string of the molecule is CC(C)c1ccccc1OC[C@H](O)CN1C(=O)N[C@](C)(c2ccc3c(c2)CCC3)C1=O. The third-order valence-electron chi connectivity index (χ3n) is 6.32. The molecule has 1 heterocycles. The summed E-state index contributed by atoms with van der Waals surface area (Å²) in [6, 6.07) is 13.2. The van der Waals surface area contributed by atoms with E-state index < -0.39 is 17.7 Å². The smallest absolute Gasteiger partial charge is 0.325 e. The molecule has 2 aliphatic rings. The van der Waals surface area contributed by atoms with Crippen LogP contribution in [0.2, 0.25) is 0 Å². The molecular weight excluding hydrogens is 392 g/mol. The Morgan fingerprint density at radius 3 is 2.65 bits per heavy atom. The average Bonchev–Trinajstić information content (AvgIpc) is 3.30. The number of amides is 3. The summed E-state index contributed by atoms with van der Waals surface area (Å²) in [5.74, 6) is 0.640. The molecule has 3 amide bonds. The summed E-state index contributed by atoms with van der Waals surface area (Å²) in [6.07, 6.45) is 2.19. The number of benzene rings is 2. The number of rotatable bonds is 7. The fourth-order valence-electron chi connectivity index (χ4n) is 4.48. The van der Waals surface area contributed by atoms with Gasteiger partial charge in [0.2, 0.25) is 0 Å². The van der Waals surface area contributed by atoms with Crippen LogP contribution >= 0.6 is 0 Å². The molecule has 2 N–H and O–H groups in total. The number of β-amino-alcohol motifs (C(OH)–C–C–N with tert-alkyl or cyclic N) is 1. The number of hydrogen-bond donors (Lipinski definition) is 2. The van der Waals surface area contributed by atoms with Crippen LogP contribution in [0.25, 0.3) is 0 Å². The number of aliphatic hydroxyl groups is 1. The first-order valence-electron chi connectivity index (χ1n) is 11.0. The lowest BCUT2D eigenvalue weighted by Gasteiger charge is -2.24. The minimum atomic E-state index is -1.13. The highest BCUT2D eigenvalue weighted by molar-refractivity contribution is 6.07. The Bertz CT molecular complexity index is 1000. The fraction of sp³-hybridized carbons (Fsp3) is 0.440. The number of carbonyl (C=O) groups is 2. The second-order valence-electron chi connectivity index (χ2n) is 8.97. The van der Waals surface area contributed by atoms with Crippen molar-refractivity contribution in [1.29, 1.82) is 0 Å². The van der Waals surface area contributed by atoms with Crippen molar-refractivity contribution in [2.24, 2.45) is 0 Å². The van der Waals surface area contributed by atoms with Crippen LogP contribution in [0, 0.1) is 0 Å². The first kappa shape index (κ1) is 21.4. The van der Waals surface area contributed by atoms with Gasteiger partial charge in [-0.3, -0.25) is 9.69 Å². The number of ether oxygens (including phenoxy) is 1. The number of imide groups is 1. The van der Waals surface area contributed by atoms with Gasteiger partial charge in [-0.1, -0.05) is 50.2 Å². The third-order valence-corrected chi connectivity index (χ3v) is 6.32. The van der Waals surface area contributed by atoms with E-state index in [9.17, 15) is 14.7 Å². The topological polar surface area (TPSA) is 78.9 Å². The van der Waals surface area contributed by atoms with Crippen molar-refractivity contribution in [1.82, 2.24) is 10.2 Å². The molecule has 2 aromatic carbocycles. The summed E-state index contributed by atoms with van der Waals surface area (Å²) in [6.45, 7) is 5.76. The zero-order chi connectivity index (χ0) is 22.2. The van der Waals surface area contributed by atoms with E-state index in [-0.39, 0.29) is 25.0 Å². The van der Waals surface area contributed by atoms with Gasteiger partial charge in [0.05, 0.1) is 6.54 Å². The Hall–Kier alpha value is -2.86. The van der Waals surface area contributed by atoms with E-state index in [1.165, 1.54) is 11.1 Å². The molecule has 0 unspecified atom stereocenters. The van der Waals surface area contributed by atoms with Crippen molar-refractivity contribution < 1.29 is 19.4 Å². The van der Waals surface area contributed by atoms with Gasteiger partial charge in [-0.25, -0.2) is 4.79 Å². The van der Waals surface area contributed by atoms with Crippen LogP contribution in [0.3, 0.4) is 0 Å². The number of aliphatic hydroxyl groups excluding tert-OH is 1. The Kier molecular flexibility index (Phi) is 5.75. The van der Waals surface area contributed by atoms with E-state index in [0.717, 1.165) is 35.3 Å². The Balaban J connectivity index is 1.43. The molecule has 164 valence electrons. The Morgan fingerprint density at radius 2 is 1.87 bits per heavy atom. The summed E-state index contributed by atoms with van der Waals surface area (Å²) >= 11 is 0. The van der Waals surface area contributed by atoms with Gasteiger partial charge in [0.15, 0.2) is 0 Å². The number of para-hydroxylation sites is 1. The summed E-state index contributed by atoms with van der Waals surface area (Å²) in [4.78, 5) is 26.9. The van der Waals surface area contributed by atoms with Gasteiger partial charge in [-0.05, 0) is 60.4 Å². The van der Waals surface area contributed by atoms with Gasteiger partial charge in [0, 0.05) is 0 Å². The first-order chi connectivity index (χ1) is 14.8. The van der Waals surface area contributed by atoms with E-state index in [0.29, 0.717) is 5.75 Å². The number of nitrogens with one attached hydrogen (secondary N) is 1. The number of nitrogens with zero attached hydrogens (tertiary/aromatic N) is 1. The number of hydrogen-bond acceptors (Lipinski definition) is 4. The monoisotopic (exact) mass is 422 g/mol. The second kappa shape index (κ2) is 8.35. The molecule has 1 aliphatic carbocycles. The van der Waals surface area contributed by atoms with Gasteiger partial charge < -0.3 is 15.2 Å². The summed E-state index contributed by atoms with van der Waals surface area (Å²) in [5, 5.41) is 13.3. The molecule has 1 aliphatic heterocycles. The predicted molar refractivity (Wildman–Crippen MR) is 118 cm³/mol. The largest absolute Gasteiger partial charge is 0.491 e. The van der Waals surface area contributed by atoms with Crippen LogP contribution in [0.4, 0.5) is 4.79 Å². The molecule has 1 saturated heterocycles. The van der Waals surface area contributed by atoms with Crippen LogP contribution < -0.4 is 10.1 Å². The lowest BCUT2D eigenvalue weighted by Crippen LogP contribution is -2.42. The highest BCUT2D eigenvalue weighted by Crippen LogP contribution is 2.33. The van der Waals surface area contributed by atoms with Gasteiger partial charge in [-0.15, -0.1) is 0 Å². The lowest BCUT2D eigenvalue weighted by molar-refractivity contribution is -0.132. The van der Waals surface area contributed by atoms with Gasteiger partial charge in [0.25, 0.3) is 5.91 Å². The molecule has 6 nitrogen and oxygen atoms in total. The minimum absolute atomic E-state index is 0.00362. The third kappa shape index (κ3) is 4.04. The highest BCUT2D eigenvalue weighted by Gasteiger charge is 2.49. The normalized spacial score (nSPS) is 21.4. The molecular formula is C25H30N2O4. The maximum atomic E-state index is 13.2. The fourth-order valence-corrected chi connectivity index (χ4v) is 4.48. The molecule has 0 bridgehead atoms. The van der Waals surface area contributed by atoms with Crippen molar-refractivity contribution >= 4 is 11.9 Å². The first-order valence-corrected chi connectivity index (χ1v) is 11.0. The van der Waals surface area contributed by atoms with Gasteiger partial charge in [0.1, 0.15) is 24.0 Å².